The van der Waals surface area contributed by atoms with Crippen molar-refractivity contribution in [3.63, 3.8) is 0 Å². The summed E-state index contributed by atoms with van der Waals surface area (Å²) in [4.78, 5) is 11.9. The normalized spacial score (nSPS) is 18.7. The van der Waals surface area contributed by atoms with Gasteiger partial charge in [0.25, 0.3) is 5.91 Å². The Hall–Kier alpha value is -0.110. The third kappa shape index (κ3) is 2.52. The van der Waals surface area contributed by atoms with E-state index >= 15 is 0 Å². The van der Waals surface area contributed by atoms with E-state index in [0.29, 0.717) is 19.7 Å². The van der Waals surface area contributed by atoms with Crippen LogP contribution >= 0.6 is 55.8 Å². The minimum Gasteiger partial charge on any atom is -0.449 e. The molecule has 0 radical (unpaired) electrons. The molecule has 1 N–H and O–H groups in total. The van der Waals surface area contributed by atoms with Crippen LogP contribution < -0.4 is 5.32 Å². The van der Waals surface area contributed by atoms with Gasteiger partial charge in [0.1, 0.15) is 10.1 Å². The van der Waals surface area contributed by atoms with E-state index in [4.69, 9.17) is 16.6 Å². The zero-order chi connectivity index (χ0) is 11.0. The van der Waals surface area contributed by atoms with Gasteiger partial charge < -0.3 is 9.73 Å². The van der Waals surface area contributed by atoms with Crippen molar-refractivity contribution in [2.45, 2.75) is 0 Å². The Bertz CT molecular complexity index is 461. The van der Waals surface area contributed by atoms with Gasteiger partial charge in [-0.25, -0.2) is 0 Å². The summed E-state index contributed by atoms with van der Waals surface area (Å²) in [6, 6.07) is 1.77. The summed E-state index contributed by atoms with van der Waals surface area (Å²) in [6.45, 7) is 0. The smallest absolute Gasteiger partial charge is 0.263 e. The zero-order valence-corrected chi connectivity index (χ0v) is 11.8. The standard InChI is InChI=1S/C8H3Br2NO2S2/c9-4-1-3(13-6(4)10)2-5-7(12)11-8(14)15-5/h1-2H,(H,11,12,14)/b5-2+. The van der Waals surface area contributed by atoms with Crippen LogP contribution in [0.15, 0.2) is 24.5 Å². The van der Waals surface area contributed by atoms with Gasteiger partial charge >= 0.3 is 0 Å². The average molecular weight is 369 g/mol. The summed E-state index contributed by atoms with van der Waals surface area (Å²) in [7, 11) is 0. The fourth-order valence-corrected chi connectivity index (χ4v) is 2.62. The fourth-order valence-electron chi connectivity index (χ4n) is 0.985. The van der Waals surface area contributed by atoms with E-state index < -0.39 is 0 Å². The van der Waals surface area contributed by atoms with Crippen LogP contribution in [0, 0.1) is 0 Å². The van der Waals surface area contributed by atoms with Gasteiger partial charge in [-0.1, -0.05) is 24.0 Å². The number of thiocarbonyl (C=S) groups is 1. The second-order valence-electron chi connectivity index (χ2n) is 2.62. The van der Waals surface area contributed by atoms with Gasteiger partial charge in [0.05, 0.1) is 9.38 Å². The predicted molar refractivity (Wildman–Crippen MR) is 70.4 cm³/mol. The molecule has 2 rings (SSSR count). The van der Waals surface area contributed by atoms with Crippen LogP contribution in [0.4, 0.5) is 0 Å². The number of rotatable bonds is 1. The van der Waals surface area contributed by atoms with E-state index in [-0.39, 0.29) is 5.91 Å². The molecule has 7 heteroatoms. The molecule has 0 bridgehead atoms. The van der Waals surface area contributed by atoms with E-state index in [9.17, 15) is 4.79 Å². The maximum atomic E-state index is 11.3. The number of carbonyl (C=O) groups excluding carboxylic acids is 1. The van der Waals surface area contributed by atoms with Crippen molar-refractivity contribution >= 4 is 72.1 Å². The van der Waals surface area contributed by atoms with Crippen LogP contribution in [0.25, 0.3) is 6.08 Å². The average Bonchev–Trinajstić information content (AvgIpc) is 2.59. The number of hydrogen-bond acceptors (Lipinski definition) is 4. The summed E-state index contributed by atoms with van der Waals surface area (Å²) in [5.74, 6) is 0.407. The predicted octanol–water partition coefficient (Wildman–Crippen LogP) is 3.29. The molecule has 2 heterocycles. The first-order valence-electron chi connectivity index (χ1n) is 3.76. The molecule has 3 nitrogen and oxygen atoms in total. The molecule has 1 aromatic heterocycles. The highest BCUT2D eigenvalue weighted by Crippen LogP contribution is 2.31. The van der Waals surface area contributed by atoms with E-state index in [1.165, 1.54) is 11.8 Å². The van der Waals surface area contributed by atoms with Crippen LogP contribution in [0.5, 0.6) is 0 Å². The molecule has 0 unspecified atom stereocenters. The molecule has 0 aromatic carbocycles. The fraction of sp³-hybridized carbons (Fsp3) is 0. The molecule has 1 aliphatic heterocycles. The summed E-state index contributed by atoms with van der Waals surface area (Å²) >= 11 is 12.6. The molecule has 1 aromatic rings. The van der Waals surface area contributed by atoms with Gasteiger partial charge in [0, 0.05) is 6.08 Å². The number of halogens is 2. The molecule has 15 heavy (non-hydrogen) atoms. The maximum Gasteiger partial charge on any atom is 0.263 e. The van der Waals surface area contributed by atoms with Crippen molar-refractivity contribution in [3.8, 4) is 0 Å². The minimum absolute atomic E-state index is 0.186. The summed E-state index contributed by atoms with van der Waals surface area (Å²) in [6.07, 6.45) is 1.65. The third-order valence-corrected chi connectivity index (χ3v) is 4.45. The van der Waals surface area contributed by atoms with Gasteiger partial charge in [0.15, 0.2) is 4.67 Å². The molecule has 1 aliphatic rings. The Morgan fingerprint density at radius 2 is 2.27 bits per heavy atom. The van der Waals surface area contributed by atoms with Gasteiger partial charge in [0.2, 0.25) is 0 Å². The maximum absolute atomic E-state index is 11.3. The number of amides is 1. The van der Waals surface area contributed by atoms with Crippen molar-refractivity contribution in [2.24, 2.45) is 0 Å². The largest absolute Gasteiger partial charge is 0.449 e. The lowest BCUT2D eigenvalue weighted by atomic mass is 10.4. The van der Waals surface area contributed by atoms with Gasteiger partial charge in [-0.3, -0.25) is 4.79 Å². The lowest BCUT2D eigenvalue weighted by Gasteiger charge is -1.88. The van der Waals surface area contributed by atoms with E-state index in [1.807, 2.05) is 0 Å². The summed E-state index contributed by atoms with van der Waals surface area (Å²) in [5.41, 5.74) is 0. The van der Waals surface area contributed by atoms with E-state index in [1.54, 1.807) is 12.1 Å². The second kappa shape index (κ2) is 4.40. The number of furan rings is 1. The van der Waals surface area contributed by atoms with Gasteiger partial charge in [-0.15, -0.1) is 0 Å². The first-order valence-corrected chi connectivity index (χ1v) is 6.57. The Labute approximate surface area is 112 Å². The molecule has 0 saturated carbocycles. The van der Waals surface area contributed by atoms with Crippen LogP contribution in [0.1, 0.15) is 5.76 Å². The van der Waals surface area contributed by atoms with Crippen molar-refractivity contribution < 1.29 is 9.21 Å². The molecule has 1 amide bonds. The van der Waals surface area contributed by atoms with Crippen molar-refractivity contribution in [3.05, 3.63) is 25.9 Å². The highest BCUT2D eigenvalue weighted by atomic mass is 79.9. The van der Waals surface area contributed by atoms with Crippen molar-refractivity contribution in [1.29, 1.82) is 0 Å². The van der Waals surface area contributed by atoms with Crippen molar-refractivity contribution in [2.75, 3.05) is 0 Å². The highest BCUT2D eigenvalue weighted by Gasteiger charge is 2.22. The Morgan fingerprint density at radius 3 is 2.73 bits per heavy atom. The summed E-state index contributed by atoms with van der Waals surface area (Å²) in [5, 5.41) is 2.53. The first kappa shape index (κ1) is 11.4. The van der Waals surface area contributed by atoms with Gasteiger partial charge in [-0.2, -0.15) is 0 Å². The quantitative estimate of drug-likeness (QED) is 0.610. The topological polar surface area (TPSA) is 42.2 Å². The molecule has 0 atom stereocenters. The SMILES string of the molecule is O=C1NC(=S)S/C1=C/c1cc(Br)c(Br)o1. The molecular formula is C8H3Br2NO2S2. The number of hydrogen-bond donors (Lipinski definition) is 1. The van der Waals surface area contributed by atoms with Crippen LogP contribution in [-0.2, 0) is 4.79 Å². The Morgan fingerprint density at radius 1 is 1.53 bits per heavy atom. The first-order chi connectivity index (χ1) is 7.06. The van der Waals surface area contributed by atoms with Crippen LogP contribution in [0.3, 0.4) is 0 Å². The molecule has 0 aliphatic carbocycles. The van der Waals surface area contributed by atoms with Crippen LogP contribution in [-0.4, -0.2) is 10.2 Å². The molecular weight excluding hydrogens is 366 g/mol. The zero-order valence-electron chi connectivity index (χ0n) is 7.04. The third-order valence-electron chi connectivity index (χ3n) is 1.58. The van der Waals surface area contributed by atoms with Crippen molar-refractivity contribution in [1.82, 2.24) is 5.32 Å². The van der Waals surface area contributed by atoms with E-state index in [0.717, 1.165) is 4.47 Å². The second-order valence-corrected chi connectivity index (χ2v) is 5.92. The number of thioether (sulfide) groups is 1. The van der Waals surface area contributed by atoms with Gasteiger partial charge in [-0.05, 0) is 37.9 Å². The monoisotopic (exact) mass is 367 g/mol. The Kier molecular flexibility index (Phi) is 3.34. The molecule has 78 valence electrons. The number of carbonyl (C=O) groups is 1. The van der Waals surface area contributed by atoms with E-state index in [2.05, 4.69) is 37.2 Å². The molecule has 1 saturated heterocycles. The molecule has 1 fully saturated rings. The molecule has 0 spiro atoms. The Balaban J connectivity index is 2.30. The lowest BCUT2D eigenvalue weighted by Crippen LogP contribution is -2.17. The highest BCUT2D eigenvalue weighted by molar-refractivity contribution is 9.13. The summed E-state index contributed by atoms with van der Waals surface area (Å²) < 4.78 is 7.19. The minimum atomic E-state index is -0.186. The number of nitrogens with one attached hydrogen (secondary N) is 1. The lowest BCUT2D eigenvalue weighted by molar-refractivity contribution is -0.115. The van der Waals surface area contributed by atoms with Crippen LogP contribution in [0.2, 0.25) is 0 Å².